The number of hydrogen-bond donors (Lipinski definition) is 1. The number of hydrogen-bond acceptors (Lipinski definition) is 16. The monoisotopic (exact) mass is 1750 g/mol. The molecule has 4 aliphatic rings. The molecule has 0 aromatic heterocycles. The number of aliphatic hydroxyl groups excluding tert-OH is 1. The summed E-state index contributed by atoms with van der Waals surface area (Å²) in [6.07, 6.45) is -0.160. The van der Waals surface area contributed by atoms with Crippen LogP contribution < -0.4 is 0 Å². The highest BCUT2D eigenvalue weighted by atomic mass is 79.9. The van der Waals surface area contributed by atoms with Crippen LogP contribution in [0.15, 0.2) is 279 Å². The molecule has 0 spiro atoms. The molecular weight excluding hydrogens is 1620 g/mol. The van der Waals surface area contributed by atoms with E-state index in [1.165, 1.54) is 11.1 Å². The summed E-state index contributed by atoms with van der Waals surface area (Å²) in [5.41, 5.74) is 9.95. The highest BCUT2D eigenvalue weighted by Crippen LogP contribution is 2.41. The zero-order valence-electron chi connectivity index (χ0n) is 71.6. The Balaban J connectivity index is 0.000000194. The second kappa shape index (κ2) is 52.9. The Morgan fingerprint density at radius 2 is 0.605 bits per heavy atom. The van der Waals surface area contributed by atoms with Crippen molar-refractivity contribution >= 4 is 49.1 Å². The number of halogens is 2. The maximum atomic E-state index is 13.3. The normalized spacial score (nSPS) is 26.6. The molecule has 19 heteroatoms. The first kappa shape index (κ1) is 98.0. The first-order chi connectivity index (χ1) is 57.5. The van der Waals surface area contributed by atoms with E-state index in [2.05, 4.69) is 133 Å². The minimum atomic E-state index is -3.65. The Bertz CT molecular complexity index is 4090. The average molecular weight is 1750 g/mol. The lowest BCUT2D eigenvalue weighted by Crippen LogP contribution is -2.58. The molecule has 12 rings (SSSR count). The molecule has 4 aliphatic heterocycles. The van der Waals surface area contributed by atoms with Crippen molar-refractivity contribution in [2.24, 2.45) is 23.7 Å². The minimum absolute atomic E-state index is 0.0271. The van der Waals surface area contributed by atoms with Crippen molar-refractivity contribution < 1.29 is 70.4 Å². The Labute approximate surface area is 729 Å². The molecule has 0 saturated carbocycles. The molecule has 1 N–H and O–H groups in total. The molecule has 0 amide bonds. The Kier molecular flexibility index (Phi) is 43.5. The van der Waals surface area contributed by atoms with Gasteiger partial charge in [0.25, 0.3) is 0 Å². The molecule has 20 atom stereocenters. The van der Waals surface area contributed by atoms with E-state index in [4.69, 9.17) is 68.4 Å². The quantitative estimate of drug-likeness (QED) is 0.0294. The number of sulfone groups is 1. The number of thioether (sulfide) groups is 1. The van der Waals surface area contributed by atoms with Crippen LogP contribution in [-0.4, -0.2) is 126 Å². The first-order valence-electron chi connectivity index (χ1n) is 42.0. The van der Waals surface area contributed by atoms with Crippen LogP contribution >= 0.6 is 39.3 Å². The summed E-state index contributed by atoms with van der Waals surface area (Å²) in [4.78, 5) is 0. The lowest BCUT2D eigenvalue weighted by Gasteiger charge is -2.45. The van der Waals surface area contributed by atoms with Gasteiger partial charge in [0.2, 0.25) is 0 Å². The Hall–Kier alpha value is -6.47. The number of aliphatic hydroxyl groups is 1. The molecule has 119 heavy (non-hydrogen) atoms. The molecule has 0 bridgehead atoms. The third-order valence-electron chi connectivity index (χ3n) is 21.4. The predicted octanol–water partition coefficient (Wildman–Crippen LogP) is 22.2. The highest BCUT2D eigenvalue weighted by molar-refractivity contribution is 9.09. The van der Waals surface area contributed by atoms with Crippen LogP contribution in [0.25, 0.3) is 0 Å². The molecule has 8 aromatic carbocycles. The molecule has 4 heterocycles. The molecule has 0 aliphatic carbocycles. The summed E-state index contributed by atoms with van der Waals surface area (Å²) in [5, 5.41) is 11.4. The van der Waals surface area contributed by atoms with Crippen LogP contribution in [0, 0.1) is 23.7 Å². The lowest BCUT2D eigenvalue weighted by molar-refractivity contribution is -0.289. The summed E-state index contributed by atoms with van der Waals surface area (Å²) < 4.78 is 101. The van der Waals surface area contributed by atoms with Gasteiger partial charge in [-0.1, -0.05) is 362 Å². The van der Waals surface area contributed by atoms with E-state index in [0.717, 1.165) is 74.9 Å². The van der Waals surface area contributed by atoms with Crippen LogP contribution in [0.2, 0.25) is 0 Å². The van der Waals surface area contributed by atoms with Gasteiger partial charge in [0, 0.05) is 34.8 Å². The van der Waals surface area contributed by atoms with Crippen molar-refractivity contribution in [3.8, 4) is 0 Å². The summed E-state index contributed by atoms with van der Waals surface area (Å²) in [6.45, 7) is 37.9. The minimum Gasteiger partial charge on any atom is -0.370 e. The second-order valence-corrected chi connectivity index (χ2v) is 35.6. The van der Waals surface area contributed by atoms with Crippen molar-refractivity contribution in [1.29, 1.82) is 0 Å². The fourth-order valence-corrected chi connectivity index (χ4v) is 18.2. The van der Waals surface area contributed by atoms with Gasteiger partial charge in [-0.15, -0.1) is 11.8 Å². The van der Waals surface area contributed by atoms with E-state index in [1.807, 2.05) is 215 Å². The molecule has 15 nitrogen and oxygen atoms in total. The van der Waals surface area contributed by atoms with Gasteiger partial charge in [0.05, 0.1) is 107 Å². The smallest absolute Gasteiger partial charge is 0.187 e. The molecule has 646 valence electrons. The van der Waals surface area contributed by atoms with Crippen molar-refractivity contribution in [1.82, 2.24) is 0 Å². The predicted molar refractivity (Wildman–Crippen MR) is 485 cm³/mol. The van der Waals surface area contributed by atoms with Crippen molar-refractivity contribution in [2.45, 2.75) is 251 Å². The number of rotatable bonds is 35. The topological polar surface area (TPSA) is 165 Å². The molecular formula is C100H130BrClO15S2. The standard InChI is InChI=1S/C26H34O5S.C26H34O3S.C22H27ClO3.C22H28O4.C4H7Br/c1-5-23-20(4)24(29-16-21-12-8-6-9-13-21)25(30-17-22-14-10-7-11-15-22)26(31-23)32(27,28)18-19(2)3;1-5-23-20(4)24(27-16-21-12-8-6-9-13-21)25(26(29-23)30-18-19(2)3)28-17-22-14-10-7-11-15-22;2*1-3-19-16(2)20(24-14-17-10-6-4-7-11-17)21(22(23)26-19)25-15-18-12-8-5-9-13-18;1-4(2)3-5/h6-15,20,23-26H,2,5,16-18H2,1,3-4H3;6-15,20,23-26H,2,5,16-18H2,1,3-4H3;4-13,16,19-22H,3,14-15H2,1-2H3;4-13,16,19-23H,3,14-15H2,1-2H3;1,3H2,2H3/t2*20-,23-,24+,25-,26?;2*16-,19-,20+,21-,22?;/m1111./s1. The van der Waals surface area contributed by atoms with Gasteiger partial charge in [0.15, 0.2) is 27.1 Å². The molecule has 0 radical (unpaired) electrons. The number of ether oxygens (including phenoxy) is 12. The second-order valence-electron chi connectivity index (χ2n) is 31.5. The summed E-state index contributed by atoms with van der Waals surface area (Å²) in [5.74, 6) is 1.28. The van der Waals surface area contributed by atoms with Crippen LogP contribution in [0.1, 0.15) is 146 Å². The Morgan fingerprint density at radius 3 is 0.899 bits per heavy atom. The van der Waals surface area contributed by atoms with Gasteiger partial charge in [0.1, 0.15) is 29.9 Å². The summed E-state index contributed by atoms with van der Waals surface area (Å²) >= 11 is 11.5. The third kappa shape index (κ3) is 32.3. The van der Waals surface area contributed by atoms with Gasteiger partial charge >= 0.3 is 0 Å². The van der Waals surface area contributed by atoms with Gasteiger partial charge < -0.3 is 61.9 Å². The fraction of sp³-hybridized carbons (Fsp3) is 0.460. The summed E-state index contributed by atoms with van der Waals surface area (Å²) in [6, 6.07) is 80.6. The van der Waals surface area contributed by atoms with Crippen molar-refractivity contribution in [2.75, 3.05) is 16.8 Å². The average Bonchev–Trinajstić information content (AvgIpc) is 0.771. The van der Waals surface area contributed by atoms with Crippen LogP contribution in [0.4, 0.5) is 0 Å². The zero-order chi connectivity index (χ0) is 85.5. The van der Waals surface area contributed by atoms with Crippen molar-refractivity contribution in [3.05, 3.63) is 324 Å². The molecule has 4 saturated heterocycles. The SMILES string of the molecule is C=C(C)CBr.C=C(C)CS(=O)(=O)C1O[C@H](CC)[C@@H](C)[C@H](OCc2ccccc2)[C@H]1OCc1ccccc1.C=C(C)CSC1O[C@H](CC)[C@@H](C)[C@H](OCc2ccccc2)[C@H]1OCc1ccccc1.CC[C@H]1OC(Cl)[C@H](OCc2ccccc2)[C@@H](OCc2ccccc2)[C@@H]1C.CC[C@H]1OC(O)[C@H](OCc2ccccc2)[C@@H](OCc2ccccc2)[C@@H]1C. The maximum absolute atomic E-state index is 13.3. The van der Waals surface area contributed by atoms with Crippen LogP contribution in [0.3, 0.4) is 0 Å². The molecule has 8 aromatic rings. The lowest BCUT2D eigenvalue weighted by atomic mass is 9.89. The van der Waals surface area contributed by atoms with Crippen LogP contribution in [-0.2, 0) is 120 Å². The van der Waals surface area contributed by atoms with E-state index in [0.29, 0.717) is 58.2 Å². The van der Waals surface area contributed by atoms with Gasteiger partial charge in [-0.05, 0) is 91.0 Å². The number of allylic oxidation sites excluding steroid dienone is 1. The summed E-state index contributed by atoms with van der Waals surface area (Å²) in [7, 11) is -3.65. The van der Waals surface area contributed by atoms with E-state index >= 15 is 0 Å². The largest absolute Gasteiger partial charge is 0.370 e. The number of alkyl halides is 2. The van der Waals surface area contributed by atoms with E-state index in [-0.39, 0.29) is 96.4 Å². The Morgan fingerprint density at radius 1 is 0.361 bits per heavy atom. The first-order valence-corrected chi connectivity index (χ1v) is 46.4. The number of benzene rings is 8. The van der Waals surface area contributed by atoms with Gasteiger partial charge in [-0.25, -0.2) is 8.42 Å². The van der Waals surface area contributed by atoms with Gasteiger partial charge in [-0.3, -0.25) is 0 Å². The third-order valence-corrected chi connectivity index (χ3v) is 26.1. The maximum Gasteiger partial charge on any atom is 0.187 e. The molecule has 4 fully saturated rings. The van der Waals surface area contributed by atoms with E-state index in [9.17, 15) is 13.5 Å². The van der Waals surface area contributed by atoms with Gasteiger partial charge in [-0.2, -0.15) is 0 Å². The molecule has 4 unspecified atom stereocenters. The van der Waals surface area contributed by atoms with E-state index in [1.54, 1.807) is 18.7 Å². The van der Waals surface area contributed by atoms with Crippen LogP contribution in [0.5, 0.6) is 0 Å². The van der Waals surface area contributed by atoms with E-state index < -0.39 is 45.4 Å². The highest BCUT2D eigenvalue weighted by Gasteiger charge is 2.51. The van der Waals surface area contributed by atoms with Crippen molar-refractivity contribution in [3.63, 3.8) is 0 Å². The fourth-order valence-electron chi connectivity index (χ4n) is 14.9. The zero-order valence-corrected chi connectivity index (χ0v) is 75.6.